The molecule has 39 heavy (non-hydrogen) atoms. The number of imidazole rings is 1. The number of aromatic nitrogens is 6. The summed E-state index contributed by atoms with van der Waals surface area (Å²) in [6.07, 6.45) is 8.26. The molecule has 7 nitrogen and oxygen atoms in total. The Balaban J connectivity index is 1.33. The van der Waals surface area contributed by atoms with Crippen molar-refractivity contribution in [2.45, 2.75) is 26.3 Å². The number of rotatable bonds is 5. The highest BCUT2D eigenvalue weighted by Crippen LogP contribution is 2.34. The minimum absolute atomic E-state index is 0.269. The third-order valence-electron chi connectivity index (χ3n) is 7.62. The first-order chi connectivity index (χ1) is 19.0. The van der Waals surface area contributed by atoms with Crippen molar-refractivity contribution in [1.82, 2.24) is 34.6 Å². The van der Waals surface area contributed by atoms with Crippen molar-refractivity contribution >= 4 is 22.1 Å². The SMILES string of the molecule is Cc1ccc(-c2cccc(F)c2)c2[nH]c(-c3nn(C)c4ncc(-c5cncc(CN6CCCC6)c5)cc34)nc12. The number of halogens is 1. The second-order valence-electron chi connectivity index (χ2n) is 10.4. The molecule has 6 aromatic rings. The number of hydrogen-bond acceptors (Lipinski definition) is 5. The maximum Gasteiger partial charge on any atom is 0.159 e. The van der Waals surface area contributed by atoms with Crippen LogP contribution < -0.4 is 0 Å². The molecule has 0 radical (unpaired) electrons. The van der Waals surface area contributed by atoms with Crippen molar-refractivity contribution < 1.29 is 4.39 Å². The lowest BCUT2D eigenvalue weighted by Crippen LogP contribution is -2.18. The van der Waals surface area contributed by atoms with Gasteiger partial charge in [-0.2, -0.15) is 5.10 Å². The average molecular weight is 518 g/mol. The van der Waals surface area contributed by atoms with Gasteiger partial charge in [0.25, 0.3) is 0 Å². The molecule has 1 saturated heterocycles. The van der Waals surface area contributed by atoms with Crippen LogP contribution in [0.3, 0.4) is 0 Å². The van der Waals surface area contributed by atoms with Crippen LogP contribution in [-0.2, 0) is 13.6 Å². The first-order valence-corrected chi connectivity index (χ1v) is 13.3. The van der Waals surface area contributed by atoms with E-state index in [0.29, 0.717) is 5.82 Å². The number of H-pyrrole nitrogens is 1. The Hall–Kier alpha value is -4.43. The van der Waals surface area contributed by atoms with Crippen molar-refractivity contribution in [1.29, 1.82) is 0 Å². The molecule has 8 heteroatoms. The van der Waals surface area contributed by atoms with Gasteiger partial charge in [0.15, 0.2) is 11.5 Å². The predicted molar refractivity (Wildman–Crippen MR) is 151 cm³/mol. The second-order valence-corrected chi connectivity index (χ2v) is 10.4. The van der Waals surface area contributed by atoms with E-state index in [9.17, 15) is 4.39 Å². The number of likely N-dealkylation sites (tertiary alicyclic amines) is 1. The summed E-state index contributed by atoms with van der Waals surface area (Å²) in [5.74, 6) is 0.386. The Morgan fingerprint density at radius 2 is 1.79 bits per heavy atom. The molecule has 0 aliphatic carbocycles. The highest BCUT2D eigenvalue weighted by Gasteiger charge is 2.19. The van der Waals surface area contributed by atoms with Gasteiger partial charge >= 0.3 is 0 Å². The fraction of sp³-hybridized carbons (Fsp3) is 0.226. The van der Waals surface area contributed by atoms with Crippen LogP contribution in [-0.4, -0.2) is 47.7 Å². The van der Waals surface area contributed by atoms with E-state index in [2.05, 4.69) is 27.0 Å². The maximum atomic E-state index is 14.0. The first-order valence-electron chi connectivity index (χ1n) is 13.3. The van der Waals surface area contributed by atoms with Gasteiger partial charge < -0.3 is 4.98 Å². The van der Waals surface area contributed by atoms with Crippen LogP contribution in [0.5, 0.6) is 0 Å². The van der Waals surface area contributed by atoms with Crippen LogP contribution in [0.4, 0.5) is 4.39 Å². The number of fused-ring (bicyclic) bond motifs is 2. The zero-order valence-corrected chi connectivity index (χ0v) is 21.9. The number of hydrogen-bond donors (Lipinski definition) is 1. The first kappa shape index (κ1) is 23.7. The van der Waals surface area contributed by atoms with Crippen molar-refractivity contribution in [3.63, 3.8) is 0 Å². The van der Waals surface area contributed by atoms with E-state index in [4.69, 9.17) is 15.1 Å². The van der Waals surface area contributed by atoms with Gasteiger partial charge in [0, 0.05) is 48.9 Å². The molecule has 5 heterocycles. The van der Waals surface area contributed by atoms with Crippen molar-refractivity contribution in [3.05, 3.63) is 84.1 Å². The predicted octanol–water partition coefficient (Wildman–Crippen LogP) is 6.28. The van der Waals surface area contributed by atoms with Crippen LogP contribution in [0.15, 0.2) is 67.1 Å². The molecule has 1 N–H and O–H groups in total. The summed E-state index contributed by atoms with van der Waals surface area (Å²) in [4.78, 5) is 20.2. The van der Waals surface area contributed by atoms with Gasteiger partial charge in [0.05, 0.1) is 16.4 Å². The summed E-state index contributed by atoms with van der Waals surface area (Å²) in [5, 5.41) is 5.71. The van der Waals surface area contributed by atoms with E-state index in [0.717, 1.165) is 75.2 Å². The Bertz CT molecular complexity index is 1850. The van der Waals surface area contributed by atoms with E-state index in [1.54, 1.807) is 16.8 Å². The molecule has 194 valence electrons. The van der Waals surface area contributed by atoms with Gasteiger partial charge in [-0.1, -0.05) is 24.3 Å². The summed E-state index contributed by atoms with van der Waals surface area (Å²) >= 11 is 0. The Labute approximate surface area is 225 Å². The summed E-state index contributed by atoms with van der Waals surface area (Å²) in [6, 6.07) is 15.0. The van der Waals surface area contributed by atoms with E-state index >= 15 is 0 Å². The molecule has 0 amide bonds. The average Bonchev–Trinajstić information content (AvgIpc) is 3.69. The third kappa shape index (κ3) is 4.27. The fourth-order valence-corrected chi connectivity index (χ4v) is 5.64. The fourth-order valence-electron chi connectivity index (χ4n) is 5.64. The van der Waals surface area contributed by atoms with E-state index < -0.39 is 0 Å². The van der Waals surface area contributed by atoms with Crippen LogP contribution in [0.25, 0.3) is 55.8 Å². The summed E-state index contributed by atoms with van der Waals surface area (Å²) < 4.78 is 15.8. The zero-order chi connectivity index (χ0) is 26.5. The van der Waals surface area contributed by atoms with Crippen LogP contribution in [0.1, 0.15) is 24.0 Å². The van der Waals surface area contributed by atoms with Gasteiger partial charge in [-0.3, -0.25) is 9.88 Å². The number of aryl methyl sites for hydroxylation is 2. The van der Waals surface area contributed by atoms with Gasteiger partial charge in [0.1, 0.15) is 11.5 Å². The highest BCUT2D eigenvalue weighted by molar-refractivity contribution is 5.98. The molecule has 0 spiro atoms. The molecule has 0 unspecified atom stereocenters. The molecule has 0 bridgehead atoms. The van der Waals surface area contributed by atoms with E-state index in [1.807, 2.05) is 50.8 Å². The third-order valence-corrected chi connectivity index (χ3v) is 7.62. The molecule has 1 fully saturated rings. The zero-order valence-electron chi connectivity index (χ0n) is 21.9. The topological polar surface area (TPSA) is 75.5 Å². The maximum absolute atomic E-state index is 14.0. The molecule has 0 atom stereocenters. The molecule has 1 aliphatic rings. The lowest BCUT2D eigenvalue weighted by molar-refractivity contribution is 0.331. The standard InChI is InChI=1S/C31H28FN7/c1-19-8-9-25(21-6-5-7-24(32)13-21)28-27(19)35-30(36-28)29-26-14-23(17-34-31(26)38(2)37-29)22-12-20(15-33-16-22)18-39-10-3-4-11-39/h5-9,12-17H,3-4,10-11,18H2,1-2H3,(H,35,36). The number of benzene rings is 2. The van der Waals surface area contributed by atoms with Gasteiger partial charge in [-0.05, 0) is 73.8 Å². The number of nitrogens with one attached hydrogen (secondary N) is 1. The molecule has 0 saturated carbocycles. The van der Waals surface area contributed by atoms with Crippen molar-refractivity contribution in [2.75, 3.05) is 13.1 Å². The summed E-state index contributed by atoms with van der Waals surface area (Å²) in [7, 11) is 1.89. The number of nitrogens with zero attached hydrogens (tertiary/aromatic N) is 6. The molecule has 4 aromatic heterocycles. The Morgan fingerprint density at radius 1 is 0.949 bits per heavy atom. The number of aromatic amines is 1. The quantitative estimate of drug-likeness (QED) is 0.291. The molecular formula is C31H28FN7. The van der Waals surface area contributed by atoms with Crippen molar-refractivity contribution in [3.8, 4) is 33.8 Å². The van der Waals surface area contributed by atoms with Crippen LogP contribution in [0.2, 0.25) is 0 Å². The lowest BCUT2D eigenvalue weighted by Gasteiger charge is -2.14. The monoisotopic (exact) mass is 517 g/mol. The Kier molecular flexibility index (Phi) is 5.70. The molecular weight excluding hydrogens is 489 g/mol. The smallest absolute Gasteiger partial charge is 0.159 e. The van der Waals surface area contributed by atoms with E-state index in [-0.39, 0.29) is 5.82 Å². The Morgan fingerprint density at radius 3 is 2.64 bits per heavy atom. The van der Waals surface area contributed by atoms with Crippen molar-refractivity contribution in [2.24, 2.45) is 7.05 Å². The van der Waals surface area contributed by atoms with Gasteiger partial charge in [-0.25, -0.2) is 19.0 Å². The minimum Gasteiger partial charge on any atom is -0.336 e. The molecule has 7 rings (SSSR count). The van der Waals surface area contributed by atoms with E-state index in [1.165, 1.54) is 24.5 Å². The molecule has 1 aliphatic heterocycles. The summed E-state index contributed by atoms with van der Waals surface area (Å²) in [5.41, 5.74) is 9.16. The van der Waals surface area contributed by atoms with Gasteiger partial charge in [0.2, 0.25) is 0 Å². The van der Waals surface area contributed by atoms with Crippen LogP contribution in [0, 0.1) is 12.7 Å². The molecule has 2 aromatic carbocycles. The highest BCUT2D eigenvalue weighted by atomic mass is 19.1. The van der Waals surface area contributed by atoms with Gasteiger partial charge in [-0.15, -0.1) is 0 Å². The summed E-state index contributed by atoms with van der Waals surface area (Å²) in [6.45, 7) is 5.24. The largest absolute Gasteiger partial charge is 0.336 e. The van der Waals surface area contributed by atoms with Crippen LogP contribution >= 0.6 is 0 Å². The number of pyridine rings is 2. The minimum atomic E-state index is -0.269. The second kappa shape index (κ2) is 9.39. The normalized spacial score (nSPS) is 14.1. The lowest BCUT2D eigenvalue weighted by atomic mass is 10.0.